The molecule has 1 aliphatic heterocycles. The van der Waals surface area contributed by atoms with Crippen molar-refractivity contribution < 1.29 is 14.7 Å². The Kier molecular flexibility index (Phi) is 9.23. The molecule has 1 aromatic carbocycles. The molecule has 5 rings (SSSR count). The second-order valence-electron chi connectivity index (χ2n) is 13.3. The first-order valence-corrected chi connectivity index (χ1v) is 15.9. The van der Waals surface area contributed by atoms with Gasteiger partial charge < -0.3 is 25.2 Å². The first kappa shape index (κ1) is 30.5. The number of carbonyl (C=O) groups is 2. The van der Waals surface area contributed by atoms with E-state index in [1.165, 1.54) is 47.6 Å². The molecule has 2 amide bonds. The SMILES string of the molecule is CN(C)C(=O)c1cn(CC2(O)CCN(C(=O)CCC3CCCCC3)CC23CCCC3)c(=O)cc1-c1ccccc1CN. The van der Waals surface area contributed by atoms with Gasteiger partial charge >= 0.3 is 0 Å². The molecule has 2 aliphatic carbocycles. The van der Waals surface area contributed by atoms with Crippen LogP contribution in [0.5, 0.6) is 0 Å². The number of aromatic nitrogens is 1. The summed E-state index contributed by atoms with van der Waals surface area (Å²) in [5, 5.41) is 12.3. The van der Waals surface area contributed by atoms with Gasteiger partial charge in [-0.3, -0.25) is 14.4 Å². The number of carbonyl (C=O) groups excluding carboxylic acids is 2. The third kappa shape index (κ3) is 6.06. The van der Waals surface area contributed by atoms with E-state index in [9.17, 15) is 19.5 Å². The summed E-state index contributed by atoms with van der Waals surface area (Å²) in [6, 6.07) is 9.07. The van der Waals surface area contributed by atoms with Gasteiger partial charge in [-0.1, -0.05) is 69.2 Å². The molecule has 0 bridgehead atoms. The van der Waals surface area contributed by atoms with E-state index in [4.69, 9.17) is 5.73 Å². The van der Waals surface area contributed by atoms with E-state index in [0.717, 1.165) is 43.2 Å². The number of piperidine rings is 1. The van der Waals surface area contributed by atoms with E-state index >= 15 is 0 Å². The monoisotopic (exact) mass is 576 g/mol. The van der Waals surface area contributed by atoms with Crippen LogP contribution in [0.15, 0.2) is 41.3 Å². The van der Waals surface area contributed by atoms with E-state index in [1.807, 2.05) is 29.2 Å². The van der Waals surface area contributed by atoms with E-state index in [1.54, 1.807) is 20.3 Å². The summed E-state index contributed by atoms with van der Waals surface area (Å²) in [4.78, 5) is 43.8. The Labute approximate surface area is 249 Å². The average Bonchev–Trinajstić information content (AvgIpc) is 3.48. The molecule has 1 spiro atoms. The van der Waals surface area contributed by atoms with Crippen molar-refractivity contribution in [2.75, 3.05) is 27.2 Å². The van der Waals surface area contributed by atoms with Crippen molar-refractivity contribution in [3.8, 4) is 11.1 Å². The van der Waals surface area contributed by atoms with Crippen LogP contribution >= 0.6 is 0 Å². The predicted octanol–water partition coefficient (Wildman–Crippen LogP) is 4.56. The standard InChI is InChI=1S/C34H48N4O4/c1-36(2)32(41)29-22-38(31(40)20-28(29)27-13-7-6-12-26(27)21-35)24-34(42)18-19-37(23-33(34)16-8-9-17-33)30(39)15-14-25-10-4-3-5-11-25/h6-7,12-13,20,22,25,42H,3-5,8-11,14-19,21,23-24,35H2,1-2H3. The highest BCUT2D eigenvalue weighted by Gasteiger charge is 2.55. The quantitative estimate of drug-likeness (QED) is 0.479. The van der Waals surface area contributed by atoms with Crippen LogP contribution in [0, 0.1) is 11.3 Å². The van der Waals surface area contributed by atoms with Crippen molar-refractivity contribution in [2.45, 2.75) is 95.7 Å². The van der Waals surface area contributed by atoms with Gasteiger partial charge in [0.15, 0.2) is 0 Å². The molecule has 1 atom stereocenters. The summed E-state index contributed by atoms with van der Waals surface area (Å²) in [6.45, 7) is 1.41. The van der Waals surface area contributed by atoms with Gasteiger partial charge in [-0.15, -0.1) is 0 Å². The largest absolute Gasteiger partial charge is 0.387 e. The molecule has 3 fully saturated rings. The van der Waals surface area contributed by atoms with Gasteiger partial charge in [0.05, 0.1) is 17.7 Å². The minimum atomic E-state index is -1.15. The summed E-state index contributed by atoms with van der Waals surface area (Å²) < 4.78 is 1.52. The molecule has 1 unspecified atom stereocenters. The number of aliphatic hydroxyl groups is 1. The van der Waals surface area contributed by atoms with E-state index in [2.05, 4.69) is 0 Å². The molecule has 228 valence electrons. The number of hydrogen-bond donors (Lipinski definition) is 2. The predicted molar refractivity (Wildman–Crippen MR) is 165 cm³/mol. The smallest absolute Gasteiger partial charge is 0.255 e. The maximum atomic E-state index is 13.6. The van der Waals surface area contributed by atoms with Crippen LogP contribution in [0.3, 0.4) is 0 Å². The van der Waals surface area contributed by atoms with Gasteiger partial charge in [0.1, 0.15) is 0 Å². The average molecular weight is 577 g/mol. The van der Waals surface area contributed by atoms with Gasteiger partial charge in [0.25, 0.3) is 11.5 Å². The molecular formula is C34H48N4O4. The van der Waals surface area contributed by atoms with Gasteiger partial charge in [-0.05, 0) is 42.7 Å². The molecule has 1 aromatic heterocycles. The molecule has 2 aromatic rings. The summed E-state index contributed by atoms with van der Waals surface area (Å²) in [5.41, 5.74) is 6.70. The van der Waals surface area contributed by atoms with Crippen LogP contribution in [0.1, 0.15) is 93.0 Å². The highest BCUT2D eigenvalue weighted by atomic mass is 16.3. The minimum absolute atomic E-state index is 0.0997. The highest BCUT2D eigenvalue weighted by Crippen LogP contribution is 2.51. The van der Waals surface area contributed by atoms with Crippen LogP contribution in [-0.2, 0) is 17.9 Å². The van der Waals surface area contributed by atoms with Gasteiger partial charge in [-0.2, -0.15) is 0 Å². The Morgan fingerprint density at radius 3 is 2.43 bits per heavy atom. The number of pyridine rings is 1. The number of rotatable bonds is 8. The Morgan fingerprint density at radius 2 is 1.74 bits per heavy atom. The van der Waals surface area contributed by atoms with Crippen LogP contribution in [0.4, 0.5) is 0 Å². The Hall–Kier alpha value is -2.97. The number of nitrogens with zero attached hydrogens (tertiary/aromatic N) is 3. The molecule has 42 heavy (non-hydrogen) atoms. The molecular weight excluding hydrogens is 528 g/mol. The summed E-state index contributed by atoms with van der Waals surface area (Å²) in [5.74, 6) is 0.648. The van der Waals surface area contributed by atoms with Crippen molar-refractivity contribution in [2.24, 2.45) is 17.1 Å². The second kappa shape index (κ2) is 12.7. The molecule has 1 saturated heterocycles. The zero-order chi connectivity index (χ0) is 29.9. The van der Waals surface area contributed by atoms with Crippen molar-refractivity contribution in [3.63, 3.8) is 0 Å². The molecule has 0 radical (unpaired) electrons. The fraction of sp³-hybridized carbons (Fsp3) is 0.618. The van der Waals surface area contributed by atoms with Gasteiger partial charge in [-0.25, -0.2) is 0 Å². The molecule has 2 saturated carbocycles. The topological polar surface area (TPSA) is 109 Å². The van der Waals surface area contributed by atoms with Crippen molar-refractivity contribution >= 4 is 11.8 Å². The van der Waals surface area contributed by atoms with Crippen LogP contribution < -0.4 is 11.3 Å². The van der Waals surface area contributed by atoms with Gasteiger partial charge in [0, 0.05) is 63.4 Å². The number of benzene rings is 1. The molecule has 3 N–H and O–H groups in total. The zero-order valence-electron chi connectivity index (χ0n) is 25.4. The van der Waals surface area contributed by atoms with Gasteiger partial charge in [0.2, 0.25) is 5.91 Å². The number of amides is 2. The fourth-order valence-electron chi connectivity index (χ4n) is 7.85. The van der Waals surface area contributed by atoms with E-state index < -0.39 is 11.0 Å². The minimum Gasteiger partial charge on any atom is -0.387 e. The van der Waals surface area contributed by atoms with Crippen LogP contribution in [0.2, 0.25) is 0 Å². The highest BCUT2D eigenvalue weighted by molar-refractivity contribution is 6.00. The van der Waals surface area contributed by atoms with Crippen LogP contribution in [0.25, 0.3) is 11.1 Å². The number of hydrogen-bond acceptors (Lipinski definition) is 5. The Morgan fingerprint density at radius 1 is 1.02 bits per heavy atom. The van der Waals surface area contributed by atoms with Crippen LogP contribution in [-0.4, -0.2) is 64.1 Å². The Bertz CT molecular complexity index is 1340. The number of likely N-dealkylation sites (tertiary alicyclic amines) is 1. The molecule has 2 heterocycles. The molecule has 8 heteroatoms. The van der Waals surface area contributed by atoms with Crippen molar-refractivity contribution in [1.29, 1.82) is 0 Å². The zero-order valence-corrected chi connectivity index (χ0v) is 25.4. The lowest BCUT2D eigenvalue weighted by atomic mass is 9.65. The normalized spacial score (nSPS) is 22.4. The maximum Gasteiger partial charge on any atom is 0.255 e. The molecule has 8 nitrogen and oxygen atoms in total. The first-order valence-electron chi connectivity index (χ1n) is 15.9. The van der Waals surface area contributed by atoms with E-state index in [-0.39, 0.29) is 30.5 Å². The number of nitrogens with two attached hydrogens (primary N) is 1. The lowest BCUT2D eigenvalue weighted by Gasteiger charge is -2.52. The van der Waals surface area contributed by atoms with Crippen molar-refractivity contribution in [1.82, 2.24) is 14.4 Å². The first-order chi connectivity index (χ1) is 20.2. The Balaban J connectivity index is 1.41. The van der Waals surface area contributed by atoms with E-state index in [0.29, 0.717) is 43.0 Å². The maximum absolute atomic E-state index is 13.6. The summed E-state index contributed by atoms with van der Waals surface area (Å²) in [6.07, 6.45) is 13.6. The second-order valence-corrected chi connectivity index (χ2v) is 13.3. The third-order valence-electron chi connectivity index (χ3n) is 10.4. The summed E-state index contributed by atoms with van der Waals surface area (Å²) >= 11 is 0. The fourth-order valence-corrected chi connectivity index (χ4v) is 7.85. The third-order valence-corrected chi connectivity index (χ3v) is 10.4. The lowest BCUT2D eigenvalue weighted by Crippen LogP contribution is -2.62. The summed E-state index contributed by atoms with van der Waals surface area (Å²) in [7, 11) is 3.39. The molecule has 3 aliphatic rings. The van der Waals surface area contributed by atoms with Crippen molar-refractivity contribution in [3.05, 3.63) is 58.0 Å². The lowest BCUT2D eigenvalue weighted by molar-refractivity contribution is -0.160.